The van der Waals surface area contributed by atoms with Crippen molar-refractivity contribution in [3.8, 4) is 22.6 Å². The van der Waals surface area contributed by atoms with Gasteiger partial charge in [0.05, 0.1) is 5.52 Å². The van der Waals surface area contributed by atoms with E-state index in [9.17, 15) is 0 Å². The monoisotopic (exact) mass is 494 g/mol. The van der Waals surface area contributed by atoms with Crippen LogP contribution in [0.2, 0.25) is 0 Å². The van der Waals surface area contributed by atoms with Crippen LogP contribution in [-0.2, 0) is 5.28 Å². The Morgan fingerprint density at radius 3 is 1.84 bits per heavy atom. The molecule has 0 fully saturated rings. The standard InChI is InChI=1S/C22H17NO.C11H10N.Al/c1-16-10-11-19-8-5-9-21(22(19)23-16)24-20-14-12-18(13-15-20)17-6-3-2-4-7-17;1-8-4-3-5-10-7-6-9(2)12-11(8)10;/h2-15H,1H3;3-7H,1H2,2H3;. The first-order chi connectivity index (χ1) is 18.1. The molecule has 0 aliphatic rings. The fourth-order valence-corrected chi connectivity index (χ4v) is 4.57. The molecule has 6 aromatic rings. The SMILES string of the molecule is Cc1ccc2cccc(Oc3ccc(-c4ccccc4)cc3)c2n1.Cc1ccc2cccc([CH2][Al])c2n1. The van der Waals surface area contributed by atoms with Crippen molar-refractivity contribution in [2.45, 2.75) is 19.1 Å². The van der Waals surface area contributed by atoms with Crippen LogP contribution in [0.25, 0.3) is 32.9 Å². The number of fused-ring (bicyclic) bond motifs is 2. The third-order valence-electron chi connectivity index (χ3n) is 6.17. The van der Waals surface area contributed by atoms with E-state index < -0.39 is 0 Å². The van der Waals surface area contributed by atoms with E-state index in [4.69, 9.17) is 4.74 Å². The summed E-state index contributed by atoms with van der Waals surface area (Å²) in [5, 5.41) is 3.28. The number of para-hydroxylation sites is 2. The molecule has 0 N–H and O–H groups in total. The summed E-state index contributed by atoms with van der Waals surface area (Å²) in [6.45, 7) is 4.02. The van der Waals surface area contributed by atoms with Crippen LogP contribution >= 0.6 is 0 Å². The number of hydrogen-bond acceptors (Lipinski definition) is 3. The lowest BCUT2D eigenvalue weighted by atomic mass is 10.1. The Hall–Kier alpha value is -3.97. The van der Waals surface area contributed by atoms with Gasteiger partial charge in [0.1, 0.15) is 27.6 Å². The Kier molecular flexibility index (Phi) is 7.61. The molecule has 0 bridgehead atoms. The van der Waals surface area contributed by atoms with Gasteiger partial charge in [0.25, 0.3) is 0 Å². The second-order valence-corrected chi connectivity index (χ2v) is 9.33. The number of ether oxygens (including phenoxy) is 1. The highest BCUT2D eigenvalue weighted by Gasteiger charge is 2.06. The van der Waals surface area contributed by atoms with Crippen LogP contribution < -0.4 is 4.74 Å². The lowest BCUT2D eigenvalue weighted by molar-refractivity contribution is 0.487. The molecule has 2 radical (unpaired) electrons. The molecule has 3 nitrogen and oxygen atoms in total. The number of hydrogen-bond donors (Lipinski definition) is 0. The lowest BCUT2D eigenvalue weighted by Crippen LogP contribution is -1.90. The molecular weight excluding hydrogens is 467 g/mol. The zero-order valence-electron chi connectivity index (χ0n) is 21.1. The van der Waals surface area contributed by atoms with E-state index in [2.05, 4.69) is 86.9 Å². The Morgan fingerprint density at radius 2 is 1.16 bits per heavy atom. The predicted octanol–water partition coefficient (Wildman–Crippen LogP) is 8.21. The Balaban J connectivity index is 0.000000182. The Bertz CT molecular complexity index is 1650. The van der Waals surface area contributed by atoms with E-state index in [0.717, 1.165) is 44.6 Å². The molecule has 0 saturated heterocycles. The van der Waals surface area contributed by atoms with E-state index in [-0.39, 0.29) is 0 Å². The van der Waals surface area contributed by atoms with Gasteiger partial charge >= 0.3 is 0 Å². The summed E-state index contributed by atoms with van der Waals surface area (Å²) in [5.74, 6) is 1.59. The molecule has 2 heterocycles. The first kappa shape index (κ1) is 24.7. The van der Waals surface area contributed by atoms with Crippen LogP contribution in [0.5, 0.6) is 11.5 Å². The van der Waals surface area contributed by atoms with Gasteiger partial charge in [-0.25, -0.2) is 4.98 Å². The van der Waals surface area contributed by atoms with Gasteiger partial charge in [-0.05, 0) is 60.9 Å². The quantitative estimate of drug-likeness (QED) is 0.232. The van der Waals surface area contributed by atoms with Crippen molar-refractivity contribution < 1.29 is 4.74 Å². The summed E-state index contributed by atoms with van der Waals surface area (Å²) in [4.78, 5) is 9.15. The third kappa shape index (κ3) is 5.89. The minimum Gasteiger partial charge on any atom is -0.455 e. The largest absolute Gasteiger partial charge is 0.455 e. The molecule has 4 heteroatoms. The van der Waals surface area contributed by atoms with E-state index in [1.165, 1.54) is 22.1 Å². The van der Waals surface area contributed by atoms with Gasteiger partial charge in [-0.2, -0.15) is 0 Å². The summed E-state index contributed by atoms with van der Waals surface area (Å²) in [6, 6.07) is 39.0. The summed E-state index contributed by atoms with van der Waals surface area (Å²) in [6.07, 6.45) is 0. The molecule has 2 aromatic heterocycles. The van der Waals surface area contributed by atoms with E-state index in [1.807, 2.05) is 68.4 Å². The number of pyridine rings is 2. The first-order valence-corrected chi connectivity index (χ1v) is 13.2. The van der Waals surface area contributed by atoms with Crippen LogP contribution in [0, 0.1) is 13.8 Å². The van der Waals surface area contributed by atoms with Crippen molar-refractivity contribution in [3.63, 3.8) is 0 Å². The molecule has 6 rings (SSSR count). The lowest BCUT2D eigenvalue weighted by Gasteiger charge is -2.09. The number of aryl methyl sites for hydroxylation is 2. The molecule has 178 valence electrons. The fourth-order valence-electron chi connectivity index (χ4n) is 4.24. The molecular formula is C33H27AlN2O. The van der Waals surface area contributed by atoms with Crippen LogP contribution in [0.15, 0.2) is 115 Å². The predicted molar refractivity (Wildman–Crippen MR) is 154 cm³/mol. The van der Waals surface area contributed by atoms with E-state index >= 15 is 0 Å². The number of nitrogens with zero attached hydrogens (tertiary/aromatic N) is 2. The minimum atomic E-state index is 0.781. The molecule has 37 heavy (non-hydrogen) atoms. The van der Waals surface area contributed by atoms with Crippen molar-refractivity contribution in [3.05, 3.63) is 132 Å². The molecule has 0 aliphatic carbocycles. The third-order valence-corrected chi connectivity index (χ3v) is 6.61. The number of rotatable bonds is 4. The van der Waals surface area contributed by atoms with Crippen molar-refractivity contribution in [1.29, 1.82) is 0 Å². The van der Waals surface area contributed by atoms with Gasteiger partial charge < -0.3 is 4.74 Å². The average molecular weight is 495 g/mol. The van der Waals surface area contributed by atoms with Crippen LogP contribution in [0.1, 0.15) is 17.0 Å². The maximum atomic E-state index is 6.07. The second-order valence-electron chi connectivity index (χ2n) is 8.92. The highest BCUT2D eigenvalue weighted by Crippen LogP contribution is 2.30. The molecule has 0 unspecified atom stereocenters. The van der Waals surface area contributed by atoms with Crippen molar-refractivity contribution in [2.75, 3.05) is 0 Å². The van der Waals surface area contributed by atoms with Gasteiger partial charge in [0.15, 0.2) is 5.75 Å². The Morgan fingerprint density at radius 1 is 0.568 bits per heavy atom. The first-order valence-electron chi connectivity index (χ1n) is 12.4. The summed E-state index contributed by atoms with van der Waals surface area (Å²) >= 11 is 2.74. The maximum Gasteiger partial charge on any atom is 0.153 e. The van der Waals surface area contributed by atoms with Crippen LogP contribution in [-0.4, -0.2) is 26.3 Å². The van der Waals surface area contributed by atoms with Gasteiger partial charge in [-0.1, -0.05) is 90.2 Å². The summed E-state index contributed by atoms with van der Waals surface area (Å²) < 4.78 is 6.07. The van der Waals surface area contributed by atoms with E-state index in [1.54, 1.807) is 0 Å². The topological polar surface area (TPSA) is 35.0 Å². The highest BCUT2D eigenvalue weighted by molar-refractivity contribution is 6.09. The maximum absolute atomic E-state index is 6.07. The van der Waals surface area contributed by atoms with Crippen molar-refractivity contribution in [1.82, 2.24) is 9.97 Å². The van der Waals surface area contributed by atoms with Crippen LogP contribution in [0.4, 0.5) is 0 Å². The molecule has 4 aromatic carbocycles. The minimum absolute atomic E-state index is 0.781. The van der Waals surface area contributed by atoms with Gasteiger partial charge in [0, 0.05) is 22.2 Å². The Labute approximate surface area is 226 Å². The number of aromatic nitrogens is 2. The zero-order chi connectivity index (χ0) is 25.6. The molecule has 0 atom stereocenters. The second kappa shape index (κ2) is 11.4. The van der Waals surface area contributed by atoms with Crippen molar-refractivity contribution >= 4 is 38.1 Å². The molecule has 0 amide bonds. The van der Waals surface area contributed by atoms with Gasteiger partial charge in [0.2, 0.25) is 0 Å². The fraction of sp³-hybridized carbons (Fsp3) is 0.0909. The summed E-state index contributed by atoms with van der Waals surface area (Å²) in [7, 11) is 0. The van der Waals surface area contributed by atoms with Crippen LogP contribution in [0.3, 0.4) is 0 Å². The molecule has 0 aliphatic heterocycles. The van der Waals surface area contributed by atoms with E-state index in [0.29, 0.717) is 0 Å². The van der Waals surface area contributed by atoms with Gasteiger partial charge in [-0.3, -0.25) is 4.98 Å². The van der Waals surface area contributed by atoms with Crippen molar-refractivity contribution in [2.24, 2.45) is 0 Å². The average Bonchev–Trinajstić information content (AvgIpc) is 2.94. The highest BCUT2D eigenvalue weighted by atomic mass is 27.0. The summed E-state index contributed by atoms with van der Waals surface area (Å²) in [5.41, 5.74) is 7.77. The van der Waals surface area contributed by atoms with Gasteiger partial charge in [-0.15, -0.1) is 0 Å². The zero-order valence-corrected chi connectivity index (χ0v) is 22.2. The number of benzene rings is 4. The molecule has 0 saturated carbocycles. The normalized spacial score (nSPS) is 10.6. The smallest absolute Gasteiger partial charge is 0.153 e. The molecule has 0 spiro atoms.